The maximum atomic E-state index is 12.6. The van der Waals surface area contributed by atoms with Crippen LogP contribution in [0.15, 0.2) is 72.8 Å². The van der Waals surface area contributed by atoms with E-state index in [1.807, 2.05) is 61.5 Å². The van der Waals surface area contributed by atoms with Gasteiger partial charge in [0, 0.05) is 5.56 Å². The molecule has 0 saturated carbocycles. The van der Waals surface area contributed by atoms with Gasteiger partial charge in [0.25, 0.3) is 0 Å². The Morgan fingerprint density at radius 2 is 1.63 bits per heavy atom. The highest BCUT2D eigenvalue weighted by atomic mass is 16.7. The minimum absolute atomic E-state index is 0.278. The molecule has 0 aromatic heterocycles. The molecule has 3 aromatic carbocycles. The molecular weight excluding hydrogens is 336 g/mol. The van der Waals surface area contributed by atoms with Crippen LogP contribution < -0.4 is 4.74 Å². The van der Waals surface area contributed by atoms with Crippen molar-refractivity contribution >= 4 is 5.97 Å². The molecule has 0 spiro atoms. The van der Waals surface area contributed by atoms with E-state index in [0.29, 0.717) is 5.56 Å². The van der Waals surface area contributed by atoms with Crippen molar-refractivity contribution in [1.29, 1.82) is 0 Å². The largest absolute Gasteiger partial charge is 0.444 e. The lowest BCUT2D eigenvalue weighted by Gasteiger charge is -2.31. The van der Waals surface area contributed by atoms with Crippen LogP contribution in [0.25, 0.3) is 0 Å². The third-order valence-corrected chi connectivity index (χ3v) is 4.94. The van der Waals surface area contributed by atoms with E-state index in [2.05, 4.69) is 26.0 Å². The minimum Gasteiger partial charge on any atom is -0.444 e. The number of carbonyl (C=O) groups excluding carboxylic acids is 1. The molecule has 0 amide bonds. The summed E-state index contributed by atoms with van der Waals surface area (Å²) < 4.78 is 12.5. The highest BCUT2D eigenvalue weighted by Crippen LogP contribution is 2.44. The van der Waals surface area contributed by atoms with Crippen molar-refractivity contribution in [2.45, 2.75) is 32.5 Å². The number of esters is 1. The van der Waals surface area contributed by atoms with E-state index >= 15 is 0 Å². The Bertz CT molecular complexity index is 992. The van der Waals surface area contributed by atoms with Crippen LogP contribution in [0.4, 0.5) is 0 Å². The first-order valence-corrected chi connectivity index (χ1v) is 9.19. The zero-order valence-corrected chi connectivity index (χ0v) is 15.7. The highest BCUT2D eigenvalue weighted by Gasteiger charge is 2.49. The molecule has 0 bridgehead atoms. The molecule has 0 N–H and O–H groups in total. The molecule has 3 heteroatoms. The molecule has 0 saturated heterocycles. The molecule has 0 fully saturated rings. The quantitative estimate of drug-likeness (QED) is 0.572. The number of rotatable bonds is 4. The second kappa shape index (κ2) is 6.58. The Morgan fingerprint density at radius 3 is 2.37 bits per heavy atom. The maximum Gasteiger partial charge on any atom is 0.342 e. The van der Waals surface area contributed by atoms with Crippen LogP contribution in [0.3, 0.4) is 0 Å². The van der Waals surface area contributed by atoms with Crippen LogP contribution in [-0.4, -0.2) is 5.97 Å². The van der Waals surface area contributed by atoms with Gasteiger partial charge in [-0.2, -0.15) is 0 Å². The summed E-state index contributed by atoms with van der Waals surface area (Å²) in [6.45, 7) is 6.28. The molecule has 27 heavy (non-hydrogen) atoms. The summed E-state index contributed by atoms with van der Waals surface area (Å²) in [5, 5.41) is 0. The van der Waals surface area contributed by atoms with E-state index in [4.69, 9.17) is 9.47 Å². The summed E-state index contributed by atoms with van der Waals surface area (Å²) in [5.74, 6) is -0.640. The molecule has 0 aliphatic carbocycles. The van der Waals surface area contributed by atoms with Crippen LogP contribution in [0.1, 0.15) is 52.4 Å². The van der Waals surface area contributed by atoms with Crippen molar-refractivity contribution in [3.63, 3.8) is 0 Å². The Hall–Kier alpha value is -3.07. The second-order valence-electron chi connectivity index (χ2n) is 7.22. The molecule has 3 nitrogen and oxygen atoms in total. The van der Waals surface area contributed by atoms with E-state index in [1.54, 1.807) is 6.07 Å². The van der Waals surface area contributed by atoms with Crippen LogP contribution in [0, 0.1) is 6.92 Å². The molecule has 1 aliphatic rings. The van der Waals surface area contributed by atoms with Crippen LogP contribution in [0.2, 0.25) is 0 Å². The number of hydrogen-bond donors (Lipinski definition) is 0. The molecule has 1 atom stereocenters. The molecule has 1 aliphatic heterocycles. The monoisotopic (exact) mass is 358 g/mol. The van der Waals surface area contributed by atoms with Crippen molar-refractivity contribution < 1.29 is 14.3 Å². The van der Waals surface area contributed by atoms with Gasteiger partial charge >= 0.3 is 11.8 Å². The molecule has 1 heterocycles. The average molecular weight is 358 g/mol. The van der Waals surface area contributed by atoms with Crippen molar-refractivity contribution in [2.75, 3.05) is 0 Å². The number of carbonyl (C=O) groups is 1. The molecule has 1 unspecified atom stereocenters. The lowest BCUT2D eigenvalue weighted by atomic mass is 9.94. The van der Waals surface area contributed by atoms with Gasteiger partial charge in [-0.3, -0.25) is 0 Å². The van der Waals surface area contributed by atoms with E-state index < -0.39 is 5.79 Å². The van der Waals surface area contributed by atoms with E-state index in [9.17, 15) is 4.79 Å². The van der Waals surface area contributed by atoms with E-state index in [1.165, 1.54) is 0 Å². The summed E-state index contributed by atoms with van der Waals surface area (Å²) in [7, 11) is 0. The van der Waals surface area contributed by atoms with Gasteiger partial charge in [0.15, 0.2) is 0 Å². The predicted molar refractivity (Wildman–Crippen MR) is 105 cm³/mol. The molecule has 3 aromatic rings. The number of aryl methyl sites for hydroxylation is 1. The van der Waals surface area contributed by atoms with Crippen molar-refractivity contribution in [1.82, 2.24) is 0 Å². The van der Waals surface area contributed by atoms with Gasteiger partial charge in [-0.25, -0.2) is 4.79 Å². The fourth-order valence-electron chi connectivity index (χ4n) is 3.56. The number of ether oxygens (including phenoxy) is 2. The van der Waals surface area contributed by atoms with Gasteiger partial charge in [0.05, 0.1) is 11.1 Å². The number of benzene rings is 3. The van der Waals surface area contributed by atoms with Gasteiger partial charge < -0.3 is 9.47 Å². The van der Waals surface area contributed by atoms with Gasteiger partial charge in [-0.15, -0.1) is 0 Å². The van der Waals surface area contributed by atoms with Gasteiger partial charge in [-0.1, -0.05) is 68.4 Å². The van der Waals surface area contributed by atoms with Gasteiger partial charge in [-0.05, 0) is 42.2 Å². The van der Waals surface area contributed by atoms with Crippen molar-refractivity contribution in [3.05, 3.63) is 101 Å². The van der Waals surface area contributed by atoms with E-state index in [-0.39, 0.29) is 11.9 Å². The number of fused-ring (bicyclic) bond motifs is 1. The van der Waals surface area contributed by atoms with Crippen molar-refractivity contribution in [2.24, 2.45) is 0 Å². The SMILES string of the molecule is Cc1ccc(C(C)C)c(OC2(c3ccccc3)OC(=O)c3ccccc32)c1. The Balaban J connectivity index is 1.93. The molecule has 4 rings (SSSR count). The second-order valence-corrected chi connectivity index (χ2v) is 7.22. The van der Waals surface area contributed by atoms with Crippen LogP contribution >= 0.6 is 0 Å². The highest BCUT2D eigenvalue weighted by molar-refractivity contribution is 5.95. The first-order chi connectivity index (χ1) is 13.0. The average Bonchev–Trinajstić information content (AvgIpc) is 2.96. The Morgan fingerprint density at radius 1 is 0.926 bits per heavy atom. The summed E-state index contributed by atoms with van der Waals surface area (Å²) in [6.07, 6.45) is 0. The first kappa shape index (κ1) is 17.3. The zero-order chi connectivity index (χ0) is 19.0. The number of cyclic esters (lactones) is 1. The van der Waals surface area contributed by atoms with Crippen LogP contribution in [-0.2, 0) is 10.5 Å². The standard InChI is InChI=1S/C24H22O3/c1-16(2)19-14-13-17(3)15-22(19)26-24(18-9-5-4-6-10-18)21-12-8-7-11-20(21)23(25)27-24/h4-16H,1-3H3. The number of hydrogen-bond acceptors (Lipinski definition) is 3. The topological polar surface area (TPSA) is 35.5 Å². The van der Waals surface area contributed by atoms with Crippen LogP contribution in [0.5, 0.6) is 5.75 Å². The molecule has 0 radical (unpaired) electrons. The maximum absolute atomic E-state index is 12.6. The summed E-state index contributed by atoms with van der Waals surface area (Å²) >= 11 is 0. The zero-order valence-electron chi connectivity index (χ0n) is 15.7. The first-order valence-electron chi connectivity index (χ1n) is 9.19. The van der Waals surface area contributed by atoms with E-state index in [0.717, 1.165) is 28.0 Å². The smallest absolute Gasteiger partial charge is 0.342 e. The molecule has 136 valence electrons. The lowest BCUT2D eigenvalue weighted by Crippen LogP contribution is -2.35. The van der Waals surface area contributed by atoms with Gasteiger partial charge in [0.1, 0.15) is 5.75 Å². The lowest BCUT2D eigenvalue weighted by molar-refractivity contribution is -0.109. The predicted octanol–water partition coefficient (Wildman–Crippen LogP) is 5.57. The summed E-state index contributed by atoms with van der Waals surface area (Å²) in [4.78, 5) is 12.6. The third-order valence-electron chi connectivity index (χ3n) is 4.94. The third kappa shape index (κ3) is 2.89. The minimum atomic E-state index is -1.29. The summed E-state index contributed by atoms with van der Waals surface area (Å²) in [5.41, 5.74) is 4.24. The Kier molecular flexibility index (Phi) is 4.23. The Labute approximate surface area is 159 Å². The fraction of sp³-hybridized carbons (Fsp3) is 0.208. The fourth-order valence-corrected chi connectivity index (χ4v) is 3.56. The van der Waals surface area contributed by atoms with Gasteiger partial charge in [0.2, 0.25) is 0 Å². The molecular formula is C24H22O3. The van der Waals surface area contributed by atoms with Crippen molar-refractivity contribution in [3.8, 4) is 5.75 Å². The normalized spacial score (nSPS) is 18.3. The summed E-state index contributed by atoms with van der Waals surface area (Å²) in [6, 6.07) is 23.2.